The van der Waals surface area contributed by atoms with Crippen LogP contribution in [0, 0.1) is 0 Å². The van der Waals surface area contributed by atoms with Gasteiger partial charge in [-0.05, 0) is 34.5 Å². The van der Waals surface area contributed by atoms with Crippen molar-refractivity contribution in [3.63, 3.8) is 0 Å². The lowest BCUT2D eigenvalue weighted by atomic mass is 10.1. The Morgan fingerprint density at radius 1 is 1.16 bits per heavy atom. The van der Waals surface area contributed by atoms with Crippen LogP contribution in [0.4, 0.5) is 0 Å². The molecule has 3 rings (SSSR count). The Hall–Kier alpha value is -1.26. The fourth-order valence-electron chi connectivity index (χ4n) is 2.56. The zero-order chi connectivity index (χ0) is 13.1. The van der Waals surface area contributed by atoms with E-state index in [4.69, 9.17) is 0 Å². The lowest BCUT2D eigenvalue weighted by molar-refractivity contribution is 0.325. The number of aromatic nitrogens is 2. The van der Waals surface area contributed by atoms with E-state index in [0.29, 0.717) is 5.92 Å². The molecular formula is C15H16BrN3. The predicted molar refractivity (Wildman–Crippen MR) is 78.8 cm³/mol. The highest BCUT2D eigenvalue weighted by molar-refractivity contribution is 9.10. The van der Waals surface area contributed by atoms with Crippen molar-refractivity contribution in [1.29, 1.82) is 0 Å². The largest absolute Gasteiger partial charge is 0.298 e. The van der Waals surface area contributed by atoms with Gasteiger partial charge in [-0.15, -0.1) is 0 Å². The van der Waals surface area contributed by atoms with Gasteiger partial charge >= 0.3 is 0 Å². The van der Waals surface area contributed by atoms with Gasteiger partial charge < -0.3 is 0 Å². The standard InChI is InChI=1S/C15H16BrN3/c16-14-8-17-15(18-9-14)13-6-7-19(11-13)10-12-4-2-1-3-5-12/h1-5,8-9,13H,6-7,10-11H2. The summed E-state index contributed by atoms with van der Waals surface area (Å²) in [6, 6.07) is 10.6. The first kappa shape index (κ1) is 12.8. The van der Waals surface area contributed by atoms with Gasteiger partial charge in [0.05, 0.1) is 4.47 Å². The summed E-state index contributed by atoms with van der Waals surface area (Å²) in [6.07, 6.45) is 4.82. The van der Waals surface area contributed by atoms with Crippen LogP contribution in [0.2, 0.25) is 0 Å². The molecule has 0 saturated carbocycles. The van der Waals surface area contributed by atoms with Gasteiger partial charge in [-0.25, -0.2) is 9.97 Å². The van der Waals surface area contributed by atoms with Crippen LogP contribution in [0.25, 0.3) is 0 Å². The number of rotatable bonds is 3. The van der Waals surface area contributed by atoms with Crippen molar-refractivity contribution in [2.24, 2.45) is 0 Å². The average Bonchev–Trinajstić information content (AvgIpc) is 2.89. The molecule has 0 spiro atoms. The minimum absolute atomic E-state index is 0.469. The molecule has 2 aromatic rings. The molecule has 19 heavy (non-hydrogen) atoms. The molecule has 1 fully saturated rings. The Morgan fingerprint density at radius 2 is 1.89 bits per heavy atom. The summed E-state index contributed by atoms with van der Waals surface area (Å²) in [7, 11) is 0. The summed E-state index contributed by atoms with van der Waals surface area (Å²) >= 11 is 3.37. The Bertz CT molecular complexity index is 527. The quantitative estimate of drug-likeness (QED) is 0.870. The zero-order valence-corrected chi connectivity index (χ0v) is 12.3. The average molecular weight is 318 g/mol. The van der Waals surface area contributed by atoms with Crippen molar-refractivity contribution < 1.29 is 0 Å². The molecule has 1 aliphatic rings. The number of nitrogens with zero attached hydrogens (tertiary/aromatic N) is 3. The molecule has 1 aliphatic heterocycles. The van der Waals surface area contributed by atoms with Crippen molar-refractivity contribution in [2.75, 3.05) is 13.1 Å². The highest BCUT2D eigenvalue weighted by Crippen LogP contribution is 2.25. The van der Waals surface area contributed by atoms with E-state index < -0.39 is 0 Å². The van der Waals surface area contributed by atoms with Gasteiger partial charge in [-0.2, -0.15) is 0 Å². The molecule has 3 nitrogen and oxygen atoms in total. The van der Waals surface area contributed by atoms with Crippen molar-refractivity contribution in [2.45, 2.75) is 18.9 Å². The van der Waals surface area contributed by atoms with Crippen LogP contribution >= 0.6 is 15.9 Å². The van der Waals surface area contributed by atoms with E-state index in [1.807, 2.05) is 12.4 Å². The summed E-state index contributed by atoms with van der Waals surface area (Å²) in [5.74, 6) is 1.44. The van der Waals surface area contributed by atoms with Gasteiger partial charge in [0.25, 0.3) is 0 Å². The van der Waals surface area contributed by atoms with E-state index >= 15 is 0 Å². The van der Waals surface area contributed by atoms with Crippen LogP contribution in [0.3, 0.4) is 0 Å². The predicted octanol–water partition coefficient (Wildman–Crippen LogP) is 3.23. The molecule has 98 valence electrons. The van der Waals surface area contributed by atoms with Gasteiger partial charge in [-0.1, -0.05) is 30.3 Å². The van der Waals surface area contributed by atoms with Gasteiger partial charge in [0.2, 0.25) is 0 Å². The molecule has 2 heterocycles. The third-order valence-electron chi connectivity index (χ3n) is 3.53. The van der Waals surface area contributed by atoms with Crippen molar-refractivity contribution in [3.8, 4) is 0 Å². The molecular weight excluding hydrogens is 302 g/mol. The summed E-state index contributed by atoms with van der Waals surface area (Å²) in [5, 5.41) is 0. The third-order valence-corrected chi connectivity index (χ3v) is 3.94. The van der Waals surface area contributed by atoms with E-state index in [9.17, 15) is 0 Å². The van der Waals surface area contributed by atoms with Crippen LogP contribution < -0.4 is 0 Å². The van der Waals surface area contributed by atoms with E-state index in [2.05, 4.69) is 61.1 Å². The lowest BCUT2D eigenvalue weighted by Gasteiger charge is -2.15. The monoisotopic (exact) mass is 317 g/mol. The normalized spacial score (nSPS) is 19.7. The maximum Gasteiger partial charge on any atom is 0.132 e. The topological polar surface area (TPSA) is 29.0 Å². The summed E-state index contributed by atoms with van der Waals surface area (Å²) < 4.78 is 0.940. The minimum atomic E-state index is 0.469. The Labute approximate surface area is 121 Å². The second-order valence-electron chi connectivity index (χ2n) is 4.97. The minimum Gasteiger partial charge on any atom is -0.298 e. The highest BCUT2D eigenvalue weighted by Gasteiger charge is 2.25. The third kappa shape index (κ3) is 3.19. The fourth-order valence-corrected chi connectivity index (χ4v) is 2.77. The van der Waals surface area contributed by atoms with Crippen LogP contribution in [-0.4, -0.2) is 28.0 Å². The Balaban J connectivity index is 1.62. The molecule has 0 bridgehead atoms. The van der Waals surface area contributed by atoms with E-state index in [-0.39, 0.29) is 0 Å². The van der Waals surface area contributed by atoms with Crippen LogP contribution in [0.5, 0.6) is 0 Å². The zero-order valence-electron chi connectivity index (χ0n) is 10.7. The fraction of sp³-hybridized carbons (Fsp3) is 0.333. The second-order valence-corrected chi connectivity index (χ2v) is 5.88. The molecule has 1 atom stereocenters. The molecule has 1 unspecified atom stereocenters. The first-order valence-corrected chi connectivity index (χ1v) is 7.34. The lowest BCUT2D eigenvalue weighted by Crippen LogP contribution is -2.20. The molecule has 4 heteroatoms. The number of hydrogen-bond acceptors (Lipinski definition) is 3. The van der Waals surface area contributed by atoms with E-state index in [1.54, 1.807) is 0 Å². The Morgan fingerprint density at radius 3 is 2.63 bits per heavy atom. The van der Waals surface area contributed by atoms with Crippen molar-refractivity contribution in [1.82, 2.24) is 14.9 Å². The number of likely N-dealkylation sites (tertiary alicyclic amines) is 1. The SMILES string of the molecule is Brc1cnc(C2CCN(Cc3ccccc3)C2)nc1. The smallest absolute Gasteiger partial charge is 0.132 e. The molecule has 0 N–H and O–H groups in total. The van der Waals surface area contributed by atoms with Crippen LogP contribution in [0.15, 0.2) is 47.2 Å². The summed E-state index contributed by atoms with van der Waals surface area (Å²) in [6.45, 7) is 3.20. The van der Waals surface area contributed by atoms with Gasteiger partial charge in [-0.3, -0.25) is 4.90 Å². The van der Waals surface area contributed by atoms with Gasteiger partial charge in [0, 0.05) is 31.4 Å². The molecule has 1 aromatic carbocycles. The van der Waals surface area contributed by atoms with Gasteiger partial charge in [0.15, 0.2) is 0 Å². The summed E-state index contributed by atoms with van der Waals surface area (Å²) in [5.41, 5.74) is 1.37. The van der Waals surface area contributed by atoms with Crippen molar-refractivity contribution >= 4 is 15.9 Å². The van der Waals surface area contributed by atoms with Crippen LogP contribution in [-0.2, 0) is 6.54 Å². The number of halogens is 1. The maximum absolute atomic E-state index is 4.42. The molecule has 1 aromatic heterocycles. The second kappa shape index (κ2) is 5.80. The molecule has 0 radical (unpaired) electrons. The van der Waals surface area contributed by atoms with Crippen molar-refractivity contribution in [3.05, 3.63) is 58.6 Å². The van der Waals surface area contributed by atoms with Gasteiger partial charge in [0.1, 0.15) is 5.82 Å². The van der Waals surface area contributed by atoms with E-state index in [0.717, 1.165) is 36.4 Å². The molecule has 1 saturated heterocycles. The first-order chi connectivity index (χ1) is 9.31. The highest BCUT2D eigenvalue weighted by atomic mass is 79.9. The van der Waals surface area contributed by atoms with E-state index in [1.165, 1.54) is 5.56 Å². The summed E-state index contributed by atoms with van der Waals surface area (Å²) in [4.78, 5) is 11.3. The molecule has 0 aliphatic carbocycles. The number of benzene rings is 1. The first-order valence-electron chi connectivity index (χ1n) is 6.55. The number of hydrogen-bond donors (Lipinski definition) is 0. The maximum atomic E-state index is 4.42. The Kier molecular flexibility index (Phi) is 3.89. The van der Waals surface area contributed by atoms with Crippen LogP contribution in [0.1, 0.15) is 23.7 Å². The molecule has 0 amide bonds.